The summed E-state index contributed by atoms with van der Waals surface area (Å²) >= 11 is 1.42. The van der Waals surface area contributed by atoms with Crippen molar-refractivity contribution < 1.29 is 4.79 Å². The van der Waals surface area contributed by atoms with Crippen LogP contribution in [-0.2, 0) is 0 Å². The Kier molecular flexibility index (Phi) is 4.97. The topological polar surface area (TPSA) is 58.4 Å². The van der Waals surface area contributed by atoms with Gasteiger partial charge in [-0.25, -0.2) is 0 Å². The van der Waals surface area contributed by atoms with Gasteiger partial charge in [-0.05, 0) is 37.9 Å². The number of nitrogens with two attached hydrogens (primary N) is 1. The summed E-state index contributed by atoms with van der Waals surface area (Å²) in [5.74, 6) is 5.69. The predicted octanol–water partition coefficient (Wildman–Crippen LogP) is 0.882. The Hall–Kier alpha value is -1.35. The van der Waals surface area contributed by atoms with Crippen LogP contribution in [-0.4, -0.2) is 43.5 Å². The lowest BCUT2D eigenvalue weighted by atomic mass is 10.2. The van der Waals surface area contributed by atoms with Gasteiger partial charge in [0.25, 0.3) is 5.91 Å². The second-order valence-electron chi connectivity index (χ2n) is 4.66. The van der Waals surface area contributed by atoms with Gasteiger partial charge in [0.1, 0.15) is 4.88 Å². The lowest BCUT2D eigenvalue weighted by Crippen LogP contribution is -2.38. The molecule has 0 bridgehead atoms. The Morgan fingerprint density at radius 2 is 2.53 bits per heavy atom. The standard InChI is InChI=1S/C14H19N3OS/c1-17-8-3-5-12(17)10-16-14(18)13-11(4-2-7-15)6-9-19-13/h6,9,12H,3,5,7-8,10,15H2,1H3,(H,16,18). The maximum atomic E-state index is 12.1. The molecule has 0 aliphatic carbocycles. The van der Waals surface area contributed by atoms with Crippen molar-refractivity contribution in [2.45, 2.75) is 18.9 Å². The zero-order valence-electron chi connectivity index (χ0n) is 11.1. The Morgan fingerprint density at radius 1 is 1.68 bits per heavy atom. The molecular formula is C14H19N3OS. The van der Waals surface area contributed by atoms with Crippen molar-refractivity contribution >= 4 is 17.2 Å². The quantitative estimate of drug-likeness (QED) is 0.807. The summed E-state index contributed by atoms with van der Waals surface area (Å²) in [6.45, 7) is 2.13. The zero-order valence-corrected chi connectivity index (χ0v) is 11.9. The van der Waals surface area contributed by atoms with Crippen LogP contribution in [0.5, 0.6) is 0 Å². The summed E-state index contributed by atoms with van der Waals surface area (Å²) in [7, 11) is 2.10. The van der Waals surface area contributed by atoms with E-state index < -0.39 is 0 Å². The molecule has 0 saturated carbocycles. The molecule has 102 valence electrons. The predicted molar refractivity (Wildman–Crippen MR) is 78.2 cm³/mol. The molecule has 1 aliphatic heterocycles. The van der Waals surface area contributed by atoms with Crippen LogP contribution in [0.4, 0.5) is 0 Å². The van der Waals surface area contributed by atoms with Crippen molar-refractivity contribution in [1.82, 2.24) is 10.2 Å². The highest BCUT2D eigenvalue weighted by Gasteiger charge is 2.22. The smallest absolute Gasteiger partial charge is 0.262 e. The first-order chi connectivity index (χ1) is 9.22. The summed E-state index contributed by atoms with van der Waals surface area (Å²) in [4.78, 5) is 15.1. The number of hydrogen-bond donors (Lipinski definition) is 2. The number of nitrogens with zero attached hydrogens (tertiary/aromatic N) is 1. The monoisotopic (exact) mass is 277 g/mol. The largest absolute Gasteiger partial charge is 0.350 e. The molecule has 0 aromatic carbocycles. The first kappa shape index (κ1) is 14.1. The van der Waals surface area contributed by atoms with Crippen molar-refractivity contribution in [2.24, 2.45) is 5.73 Å². The second-order valence-corrected chi connectivity index (χ2v) is 5.57. The third-order valence-corrected chi connectivity index (χ3v) is 4.28. The summed E-state index contributed by atoms with van der Waals surface area (Å²) in [6.07, 6.45) is 2.37. The van der Waals surface area contributed by atoms with Crippen molar-refractivity contribution in [3.8, 4) is 11.8 Å². The van der Waals surface area contributed by atoms with Gasteiger partial charge in [0.05, 0.1) is 6.54 Å². The van der Waals surface area contributed by atoms with Gasteiger partial charge < -0.3 is 16.0 Å². The normalized spacial score (nSPS) is 18.9. The summed E-state index contributed by atoms with van der Waals surface area (Å²) in [5.41, 5.74) is 6.12. The van der Waals surface area contributed by atoms with Gasteiger partial charge in [0.15, 0.2) is 0 Å². The van der Waals surface area contributed by atoms with Crippen molar-refractivity contribution in [1.29, 1.82) is 0 Å². The number of hydrogen-bond acceptors (Lipinski definition) is 4. The van der Waals surface area contributed by atoms with Crippen LogP contribution in [0.15, 0.2) is 11.4 Å². The summed E-state index contributed by atoms with van der Waals surface area (Å²) < 4.78 is 0. The number of carbonyl (C=O) groups is 1. The Labute approximate surface area is 118 Å². The molecule has 1 saturated heterocycles. The highest BCUT2D eigenvalue weighted by atomic mass is 32.1. The second kappa shape index (κ2) is 6.71. The number of likely N-dealkylation sites (N-methyl/N-ethyl adjacent to an activating group) is 1. The molecule has 5 heteroatoms. The molecule has 19 heavy (non-hydrogen) atoms. The molecule has 1 fully saturated rings. The van der Waals surface area contributed by atoms with Crippen LogP contribution in [0, 0.1) is 11.8 Å². The fourth-order valence-corrected chi connectivity index (χ4v) is 3.02. The van der Waals surface area contributed by atoms with Gasteiger partial charge in [0, 0.05) is 18.2 Å². The van der Waals surface area contributed by atoms with Gasteiger partial charge in [0.2, 0.25) is 0 Å². The maximum Gasteiger partial charge on any atom is 0.262 e. The van der Waals surface area contributed by atoms with E-state index in [0.29, 0.717) is 24.0 Å². The minimum Gasteiger partial charge on any atom is -0.350 e. The molecule has 1 aliphatic rings. The van der Waals surface area contributed by atoms with E-state index in [9.17, 15) is 4.79 Å². The summed E-state index contributed by atoms with van der Waals surface area (Å²) in [5, 5.41) is 4.89. The number of amides is 1. The van der Waals surface area contributed by atoms with E-state index in [0.717, 1.165) is 18.5 Å². The first-order valence-corrected chi connectivity index (χ1v) is 7.35. The van der Waals surface area contributed by atoms with Crippen LogP contribution in [0.2, 0.25) is 0 Å². The zero-order chi connectivity index (χ0) is 13.7. The van der Waals surface area contributed by atoms with E-state index in [1.807, 2.05) is 11.4 Å². The van der Waals surface area contributed by atoms with E-state index in [1.165, 1.54) is 17.8 Å². The van der Waals surface area contributed by atoms with Gasteiger partial charge in [-0.1, -0.05) is 11.8 Å². The first-order valence-electron chi connectivity index (χ1n) is 6.47. The molecule has 2 rings (SSSR count). The molecule has 1 amide bonds. The van der Waals surface area contributed by atoms with Crippen LogP contribution < -0.4 is 11.1 Å². The van der Waals surface area contributed by atoms with Crippen LogP contribution in [0.3, 0.4) is 0 Å². The number of likely N-dealkylation sites (tertiary alicyclic amines) is 1. The molecule has 1 atom stereocenters. The molecule has 2 heterocycles. The Bertz CT molecular complexity index is 500. The third kappa shape index (κ3) is 3.57. The fourth-order valence-electron chi connectivity index (χ4n) is 2.26. The van der Waals surface area contributed by atoms with Crippen LogP contribution in [0.1, 0.15) is 28.1 Å². The van der Waals surface area contributed by atoms with E-state index >= 15 is 0 Å². The molecule has 0 radical (unpaired) electrons. The molecule has 1 aromatic heterocycles. The molecular weight excluding hydrogens is 258 g/mol. The SMILES string of the molecule is CN1CCCC1CNC(=O)c1sccc1C#CCN. The Morgan fingerprint density at radius 3 is 3.21 bits per heavy atom. The van der Waals surface area contributed by atoms with Crippen molar-refractivity contribution in [3.63, 3.8) is 0 Å². The van der Waals surface area contributed by atoms with Gasteiger partial charge in [-0.2, -0.15) is 0 Å². The van der Waals surface area contributed by atoms with E-state index in [4.69, 9.17) is 5.73 Å². The lowest BCUT2D eigenvalue weighted by Gasteiger charge is -2.19. The number of nitrogens with one attached hydrogen (secondary N) is 1. The van der Waals surface area contributed by atoms with Gasteiger partial charge in [-0.15, -0.1) is 11.3 Å². The fraction of sp³-hybridized carbons (Fsp3) is 0.500. The molecule has 3 N–H and O–H groups in total. The summed E-state index contributed by atoms with van der Waals surface area (Å²) in [6, 6.07) is 2.33. The van der Waals surface area contributed by atoms with Gasteiger partial charge >= 0.3 is 0 Å². The molecule has 1 unspecified atom stereocenters. The minimum absolute atomic E-state index is 0.0309. The van der Waals surface area contributed by atoms with Crippen molar-refractivity contribution in [3.05, 3.63) is 21.9 Å². The van der Waals surface area contributed by atoms with E-state index in [1.54, 1.807) is 0 Å². The van der Waals surface area contributed by atoms with Crippen LogP contribution >= 0.6 is 11.3 Å². The Balaban J connectivity index is 1.94. The molecule has 4 nitrogen and oxygen atoms in total. The minimum atomic E-state index is -0.0309. The van der Waals surface area contributed by atoms with Gasteiger partial charge in [-0.3, -0.25) is 4.79 Å². The number of thiophene rings is 1. The van der Waals surface area contributed by atoms with E-state index in [2.05, 4.69) is 29.1 Å². The highest BCUT2D eigenvalue weighted by molar-refractivity contribution is 7.12. The van der Waals surface area contributed by atoms with Crippen molar-refractivity contribution in [2.75, 3.05) is 26.7 Å². The van der Waals surface area contributed by atoms with E-state index in [-0.39, 0.29) is 5.91 Å². The molecule has 1 aromatic rings. The average Bonchev–Trinajstić information content (AvgIpc) is 3.02. The lowest BCUT2D eigenvalue weighted by molar-refractivity contribution is 0.0947. The number of rotatable bonds is 3. The maximum absolute atomic E-state index is 12.1. The molecule has 0 spiro atoms. The number of carbonyl (C=O) groups excluding carboxylic acids is 1. The highest BCUT2D eigenvalue weighted by Crippen LogP contribution is 2.17. The third-order valence-electron chi connectivity index (χ3n) is 3.37. The van der Waals surface area contributed by atoms with Crippen LogP contribution in [0.25, 0.3) is 0 Å². The average molecular weight is 277 g/mol.